The molecule has 2 aliphatic heterocycles. The predicted octanol–water partition coefficient (Wildman–Crippen LogP) is 12.9. The highest BCUT2D eigenvalue weighted by Crippen LogP contribution is 2.45. The van der Waals surface area contributed by atoms with Gasteiger partial charge in [-0.3, -0.25) is 4.98 Å². The van der Waals surface area contributed by atoms with Crippen molar-refractivity contribution >= 4 is 16.6 Å². The molecule has 0 bridgehead atoms. The predicted molar refractivity (Wildman–Crippen MR) is 239 cm³/mol. The van der Waals surface area contributed by atoms with Crippen LogP contribution in [0.4, 0.5) is 0 Å². The fourth-order valence-electron chi connectivity index (χ4n) is 9.69. The number of hydrogen-bond donors (Lipinski definition) is 0. The van der Waals surface area contributed by atoms with Gasteiger partial charge in [0.25, 0.3) is 0 Å². The van der Waals surface area contributed by atoms with E-state index >= 15 is 0 Å². The van der Waals surface area contributed by atoms with Gasteiger partial charge in [-0.25, -0.2) is 0 Å². The molecular formula is C55H49N3+2. The van der Waals surface area contributed by atoms with Gasteiger partial charge in [-0.2, -0.15) is 9.13 Å². The minimum Gasteiger partial charge on any atom is -0.256 e. The molecule has 10 rings (SSSR count). The number of allylic oxidation sites excluding steroid dienone is 1. The zero-order valence-electron chi connectivity index (χ0n) is 33.9. The van der Waals surface area contributed by atoms with Crippen molar-refractivity contribution in [3.05, 3.63) is 193 Å². The van der Waals surface area contributed by atoms with Crippen LogP contribution in [0.25, 0.3) is 72.5 Å². The first kappa shape index (κ1) is 35.9. The molecule has 0 saturated carbocycles. The van der Waals surface area contributed by atoms with Crippen molar-refractivity contribution in [1.82, 2.24) is 4.98 Å². The molecule has 2 aliphatic rings. The minimum absolute atomic E-state index is 0.0131. The molecule has 0 fully saturated rings. The summed E-state index contributed by atoms with van der Waals surface area (Å²) < 4.78 is 4.93. The van der Waals surface area contributed by atoms with Crippen molar-refractivity contribution in [2.24, 2.45) is 0 Å². The number of fused-ring (bicyclic) bond motifs is 10. The van der Waals surface area contributed by atoms with E-state index in [1.807, 2.05) is 6.20 Å². The van der Waals surface area contributed by atoms with Crippen molar-refractivity contribution in [3.63, 3.8) is 0 Å². The van der Waals surface area contributed by atoms with Crippen LogP contribution in [0, 0.1) is 6.92 Å². The average Bonchev–Trinajstić information content (AvgIpc) is 3.25. The van der Waals surface area contributed by atoms with Gasteiger partial charge >= 0.3 is 0 Å². The molecule has 8 aromatic rings. The van der Waals surface area contributed by atoms with Crippen LogP contribution < -0.4 is 9.13 Å². The van der Waals surface area contributed by atoms with E-state index < -0.39 is 0 Å². The Labute approximate surface area is 342 Å². The Morgan fingerprint density at radius 1 is 0.621 bits per heavy atom. The Bertz CT molecular complexity index is 2900. The molecule has 0 spiro atoms. The zero-order valence-corrected chi connectivity index (χ0v) is 33.9. The lowest BCUT2D eigenvalue weighted by atomic mass is 9.77. The Balaban J connectivity index is 1.14. The van der Waals surface area contributed by atoms with Crippen molar-refractivity contribution in [2.75, 3.05) is 0 Å². The van der Waals surface area contributed by atoms with Gasteiger partial charge < -0.3 is 0 Å². The third-order valence-corrected chi connectivity index (χ3v) is 12.7. The molecule has 3 nitrogen and oxygen atoms in total. The fraction of sp³-hybridized carbons (Fsp3) is 0.182. The van der Waals surface area contributed by atoms with E-state index in [0.717, 1.165) is 41.4 Å². The molecule has 58 heavy (non-hydrogen) atoms. The quantitative estimate of drug-likeness (QED) is 0.165. The molecule has 0 aliphatic carbocycles. The number of aryl methyl sites for hydroxylation is 2. The lowest BCUT2D eigenvalue weighted by molar-refractivity contribution is -0.720. The minimum atomic E-state index is -0.0131. The highest BCUT2D eigenvalue weighted by Gasteiger charge is 2.42. The van der Waals surface area contributed by atoms with Crippen LogP contribution in [-0.4, -0.2) is 4.98 Å². The first-order chi connectivity index (χ1) is 28.2. The van der Waals surface area contributed by atoms with Crippen LogP contribution in [0.2, 0.25) is 0 Å². The molecule has 2 unspecified atom stereocenters. The largest absolute Gasteiger partial charge is 0.256 e. The number of hydrogen-bond acceptors (Lipinski definition) is 1. The molecule has 0 amide bonds. The van der Waals surface area contributed by atoms with Crippen LogP contribution in [0.15, 0.2) is 171 Å². The first-order valence-corrected chi connectivity index (χ1v) is 20.7. The average molecular weight is 752 g/mol. The highest BCUT2D eigenvalue weighted by atomic mass is 15.0. The van der Waals surface area contributed by atoms with Crippen LogP contribution >= 0.6 is 0 Å². The second-order valence-corrected chi connectivity index (χ2v) is 17.3. The monoisotopic (exact) mass is 751 g/mol. The lowest BCUT2D eigenvalue weighted by Gasteiger charge is -2.31. The van der Waals surface area contributed by atoms with E-state index in [4.69, 9.17) is 11.6 Å². The molecule has 3 heteroatoms. The number of benzene rings is 5. The van der Waals surface area contributed by atoms with E-state index in [1.54, 1.807) is 0 Å². The van der Waals surface area contributed by atoms with Crippen molar-refractivity contribution < 1.29 is 9.13 Å². The molecule has 0 radical (unpaired) electrons. The SMILES string of the molecule is C=C1CC2C(CCc3ccc(-c4ccc(-c5ccccc5-c5ccccc5)c5cccnc45)cc3-c3cc(C(C)(C)C)cc[n+]31)c1ccccc1-c1cc(C)cc[n+]12. The van der Waals surface area contributed by atoms with Crippen molar-refractivity contribution in [2.45, 2.75) is 64.3 Å². The molecule has 282 valence electrons. The van der Waals surface area contributed by atoms with E-state index in [2.05, 4.69) is 195 Å². The van der Waals surface area contributed by atoms with Gasteiger partial charge in [0.05, 0.1) is 17.5 Å². The molecule has 5 aromatic carbocycles. The summed E-state index contributed by atoms with van der Waals surface area (Å²) in [5, 5.41) is 1.15. The van der Waals surface area contributed by atoms with Gasteiger partial charge in [-0.15, -0.1) is 0 Å². The summed E-state index contributed by atoms with van der Waals surface area (Å²) in [6.07, 6.45) is 9.38. The lowest BCUT2D eigenvalue weighted by Crippen LogP contribution is -2.49. The highest BCUT2D eigenvalue weighted by molar-refractivity contribution is 6.05. The van der Waals surface area contributed by atoms with Crippen molar-refractivity contribution in [3.8, 4) is 55.9 Å². The Hall–Kier alpha value is -6.45. The summed E-state index contributed by atoms with van der Waals surface area (Å²) in [6, 6.07) is 54.1. The number of nitrogens with zero attached hydrogens (tertiary/aromatic N) is 3. The topological polar surface area (TPSA) is 20.6 Å². The summed E-state index contributed by atoms with van der Waals surface area (Å²) in [6.45, 7) is 14.0. The van der Waals surface area contributed by atoms with Gasteiger partial charge in [-0.1, -0.05) is 124 Å². The van der Waals surface area contributed by atoms with Gasteiger partial charge in [-0.05, 0) is 100 Å². The van der Waals surface area contributed by atoms with E-state index in [0.29, 0.717) is 5.92 Å². The summed E-state index contributed by atoms with van der Waals surface area (Å²) in [4.78, 5) is 5.09. The van der Waals surface area contributed by atoms with Crippen LogP contribution in [0.3, 0.4) is 0 Å². The van der Waals surface area contributed by atoms with Crippen molar-refractivity contribution in [1.29, 1.82) is 0 Å². The first-order valence-electron chi connectivity index (χ1n) is 20.7. The Morgan fingerprint density at radius 3 is 2.21 bits per heavy atom. The summed E-state index contributed by atoms with van der Waals surface area (Å²) >= 11 is 0. The number of aromatic nitrogens is 3. The maximum atomic E-state index is 5.09. The maximum absolute atomic E-state index is 5.09. The third-order valence-electron chi connectivity index (χ3n) is 12.7. The van der Waals surface area contributed by atoms with Crippen LogP contribution in [-0.2, 0) is 11.8 Å². The smallest absolute Gasteiger partial charge is 0.218 e. The zero-order chi connectivity index (χ0) is 39.5. The summed E-state index contributed by atoms with van der Waals surface area (Å²) in [5.74, 6) is 0.344. The second-order valence-electron chi connectivity index (χ2n) is 17.3. The molecule has 0 saturated heterocycles. The van der Waals surface area contributed by atoms with Crippen LogP contribution in [0.1, 0.15) is 67.8 Å². The van der Waals surface area contributed by atoms with Gasteiger partial charge in [0.15, 0.2) is 24.1 Å². The molecular weight excluding hydrogens is 703 g/mol. The summed E-state index contributed by atoms with van der Waals surface area (Å²) in [7, 11) is 0. The normalized spacial score (nSPS) is 16.1. The Kier molecular flexibility index (Phi) is 8.78. The summed E-state index contributed by atoms with van der Waals surface area (Å²) in [5.41, 5.74) is 19.8. The van der Waals surface area contributed by atoms with Crippen LogP contribution in [0.5, 0.6) is 0 Å². The maximum Gasteiger partial charge on any atom is 0.218 e. The van der Waals surface area contributed by atoms with E-state index in [9.17, 15) is 0 Å². The van der Waals surface area contributed by atoms with E-state index in [-0.39, 0.29) is 11.5 Å². The molecule has 0 N–H and O–H groups in total. The number of rotatable bonds is 3. The van der Waals surface area contributed by atoms with E-state index in [1.165, 1.54) is 72.6 Å². The standard InChI is InChI=1S/C55H49N3/c1-36-27-30-58-51(32-36)47-19-12-11-18-45(47)48-24-23-39-21-22-40(34-50(39)53-35-41(55(3,4)5)28-31-57(53)37(2)33-52(48)58)43-25-26-46(49-20-13-29-56-54(43)49)44-17-10-9-16-42(44)38-14-7-6-8-15-38/h6-22,25-32,34-35,48,52H,2,23-24,33H2,1,3-5H3/q+2. The third kappa shape index (κ3) is 6.17. The Morgan fingerprint density at radius 2 is 1.38 bits per heavy atom. The van der Waals surface area contributed by atoms with Gasteiger partial charge in [0.2, 0.25) is 11.4 Å². The second kappa shape index (κ2) is 14.2. The molecule has 5 heterocycles. The van der Waals surface area contributed by atoms with Gasteiger partial charge in [0.1, 0.15) is 0 Å². The fourth-order valence-corrected chi connectivity index (χ4v) is 9.69. The number of pyridine rings is 3. The van der Waals surface area contributed by atoms with Gasteiger partial charge in [0, 0.05) is 52.9 Å². The molecule has 3 aromatic heterocycles. The molecule has 2 atom stereocenters.